The smallest absolute Gasteiger partial charge is 0.408 e. The molecule has 0 unspecified atom stereocenters. The zero-order valence-corrected chi connectivity index (χ0v) is 9.56. The highest BCUT2D eigenvalue weighted by atomic mass is 16.6. The van der Waals surface area contributed by atoms with Crippen molar-refractivity contribution in [3.63, 3.8) is 0 Å². The van der Waals surface area contributed by atoms with Gasteiger partial charge in [0.15, 0.2) is 0 Å². The molecule has 0 aliphatic carbocycles. The predicted molar refractivity (Wildman–Crippen MR) is 64.2 cm³/mol. The number of hydrogen-bond acceptors (Lipinski definition) is 4. The molecule has 0 aromatic heterocycles. The van der Waals surface area contributed by atoms with Crippen LogP contribution in [0.15, 0.2) is 18.2 Å². The van der Waals surface area contributed by atoms with Gasteiger partial charge in [-0.1, -0.05) is 6.07 Å². The second kappa shape index (κ2) is 6.16. The first-order chi connectivity index (χ1) is 7.72. The first-order valence-corrected chi connectivity index (χ1v) is 5.25. The summed E-state index contributed by atoms with van der Waals surface area (Å²) in [6.07, 6.45) is 0. The van der Waals surface area contributed by atoms with Crippen molar-refractivity contribution in [2.24, 2.45) is 0 Å². The minimum Gasteiger partial charge on any atom is -0.408 e. The molecule has 2 N–H and O–H groups in total. The molecule has 0 bridgehead atoms. The molecule has 84 valence electrons. The molecular formula is C11H15BN2O2. The molecule has 5 heteroatoms. The Labute approximate surface area is 96.1 Å². The van der Waals surface area contributed by atoms with E-state index in [4.69, 9.17) is 20.3 Å². The second-order valence-corrected chi connectivity index (χ2v) is 3.20. The third-order valence-corrected chi connectivity index (χ3v) is 2.09. The lowest BCUT2D eigenvalue weighted by Gasteiger charge is -2.14. The molecule has 1 aromatic carbocycles. The van der Waals surface area contributed by atoms with Gasteiger partial charge < -0.3 is 15.0 Å². The molecule has 1 aromatic rings. The number of nitrogens with zero attached hydrogens (tertiary/aromatic N) is 1. The van der Waals surface area contributed by atoms with Crippen LogP contribution in [-0.2, 0) is 9.31 Å². The van der Waals surface area contributed by atoms with Crippen LogP contribution in [0.3, 0.4) is 0 Å². The molecule has 0 aliphatic rings. The van der Waals surface area contributed by atoms with Gasteiger partial charge >= 0.3 is 7.12 Å². The van der Waals surface area contributed by atoms with E-state index in [9.17, 15) is 0 Å². The van der Waals surface area contributed by atoms with Gasteiger partial charge in [-0.3, -0.25) is 0 Å². The number of nitriles is 1. The van der Waals surface area contributed by atoms with Gasteiger partial charge in [0, 0.05) is 24.4 Å². The Morgan fingerprint density at radius 2 is 1.94 bits per heavy atom. The standard InChI is InChI=1S/C11H15BN2O2/c1-3-15-12(16-4-2)11-6-5-10(14)7-9(11)8-13/h5-7H,3-4,14H2,1-2H3. The number of nitrogen functional groups attached to an aromatic ring is 1. The Hall–Kier alpha value is -1.51. The molecule has 0 aliphatic heterocycles. The molecule has 0 heterocycles. The number of hydrogen-bond donors (Lipinski definition) is 1. The van der Waals surface area contributed by atoms with Crippen LogP contribution in [0.1, 0.15) is 19.4 Å². The minimum atomic E-state index is -0.495. The quantitative estimate of drug-likeness (QED) is 0.589. The molecule has 16 heavy (non-hydrogen) atoms. The van der Waals surface area contributed by atoms with Gasteiger partial charge in [-0.25, -0.2) is 0 Å². The van der Waals surface area contributed by atoms with Crippen molar-refractivity contribution in [2.45, 2.75) is 13.8 Å². The molecular weight excluding hydrogens is 203 g/mol. The molecule has 1 rings (SSSR count). The highest BCUT2D eigenvalue weighted by Crippen LogP contribution is 2.06. The van der Waals surface area contributed by atoms with E-state index >= 15 is 0 Å². The highest BCUT2D eigenvalue weighted by Gasteiger charge is 2.23. The van der Waals surface area contributed by atoms with Crippen LogP contribution in [0.4, 0.5) is 5.69 Å². The van der Waals surface area contributed by atoms with Gasteiger partial charge in [-0.15, -0.1) is 0 Å². The molecule has 0 saturated heterocycles. The van der Waals surface area contributed by atoms with Crippen LogP contribution < -0.4 is 11.2 Å². The maximum Gasteiger partial charge on any atom is 0.495 e. The summed E-state index contributed by atoms with van der Waals surface area (Å²) in [7, 11) is -0.495. The van der Waals surface area contributed by atoms with Crippen molar-refractivity contribution >= 4 is 18.3 Å². The average molecular weight is 218 g/mol. The summed E-state index contributed by atoms with van der Waals surface area (Å²) in [6, 6.07) is 7.22. The van der Waals surface area contributed by atoms with Crippen molar-refractivity contribution in [2.75, 3.05) is 18.9 Å². The summed E-state index contributed by atoms with van der Waals surface area (Å²) < 4.78 is 10.9. The molecule has 0 spiro atoms. The first kappa shape index (κ1) is 12.6. The second-order valence-electron chi connectivity index (χ2n) is 3.20. The maximum atomic E-state index is 9.01. The first-order valence-electron chi connectivity index (χ1n) is 5.25. The van der Waals surface area contributed by atoms with Crippen LogP contribution in [0, 0.1) is 11.3 Å². The summed E-state index contributed by atoms with van der Waals surface area (Å²) in [6.45, 7) is 4.82. The zero-order valence-electron chi connectivity index (χ0n) is 9.56. The fourth-order valence-electron chi connectivity index (χ4n) is 1.41. The number of benzene rings is 1. The fourth-order valence-corrected chi connectivity index (χ4v) is 1.41. The van der Waals surface area contributed by atoms with Crippen molar-refractivity contribution in [1.82, 2.24) is 0 Å². The molecule has 0 atom stereocenters. The van der Waals surface area contributed by atoms with E-state index in [1.807, 2.05) is 13.8 Å². The maximum absolute atomic E-state index is 9.01. The third-order valence-electron chi connectivity index (χ3n) is 2.09. The number of anilines is 1. The minimum absolute atomic E-state index is 0.493. The van der Waals surface area contributed by atoms with Gasteiger partial charge in [0.25, 0.3) is 0 Å². The lowest BCUT2D eigenvalue weighted by atomic mass is 9.75. The van der Waals surface area contributed by atoms with Crippen LogP contribution >= 0.6 is 0 Å². The Morgan fingerprint density at radius 1 is 1.31 bits per heavy atom. The number of rotatable bonds is 5. The Bertz CT molecular complexity index is 384. The predicted octanol–water partition coefficient (Wildman–Crippen LogP) is 0.909. The van der Waals surface area contributed by atoms with Gasteiger partial charge in [0.2, 0.25) is 0 Å². The van der Waals surface area contributed by atoms with Crippen LogP contribution in [0.5, 0.6) is 0 Å². The van der Waals surface area contributed by atoms with E-state index in [1.165, 1.54) is 0 Å². The van der Waals surface area contributed by atoms with E-state index in [2.05, 4.69) is 6.07 Å². The molecule has 0 fully saturated rings. The lowest BCUT2D eigenvalue weighted by Crippen LogP contribution is -2.38. The summed E-state index contributed by atoms with van der Waals surface area (Å²) in [5.41, 5.74) is 7.40. The van der Waals surface area contributed by atoms with E-state index in [0.717, 1.165) is 5.46 Å². The lowest BCUT2D eigenvalue weighted by molar-refractivity contribution is 0.225. The molecule has 0 radical (unpaired) electrons. The summed E-state index contributed by atoms with van der Waals surface area (Å²) in [5, 5.41) is 9.01. The Kier molecular flexibility index (Phi) is 4.84. The number of nitrogens with two attached hydrogens (primary N) is 1. The van der Waals surface area contributed by atoms with Gasteiger partial charge in [0.1, 0.15) is 0 Å². The largest absolute Gasteiger partial charge is 0.495 e. The summed E-state index contributed by atoms with van der Waals surface area (Å²) in [4.78, 5) is 0. The average Bonchev–Trinajstić information content (AvgIpc) is 2.28. The normalized spacial score (nSPS) is 9.81. The zero-order chi connectivity index (χ0) is 12.0. The van der Waals surface area contributed by atoms with Crippen molar-refractivity contribution in [3.05, 3.63) is 23.8 Å². The van der Waals surface area contributed by atoms with Crippen LogP contribution in [-0.4, -0.2) is 20.3 Å². The van der Waals surface area contributed by atoms with Crippen molar-refractivity contribution in [3.8, 4) is 6.07 Å². The van der Waals surface area contributed by atoms with E-state index in [0.29, 0.717) is 24.5 Å². The topological polar surface area (TPSA) is 68.3 Å². The van der Waals surface area contributed by atoms with Gasteiger partial charge in [-0.05, 0) is 26.0 Å². The SMILES string of the molecule is CCOB(OCC)c1ccc(N)cc1C#N. The fraction of sp³-hybridized carbons (Fsp3) is 0.364. The monoisotopic (exact) mass is 218 g/mol. The van der Waals surface area contributed by atoms with Crippen LogP contribution in [0.25, 0.3) is 0 Å². The highest BCUT2D eigenvalue weighted by molar-refractivity contribution is 6.62. The Balaban J connectivity index is 3.03. The van der Waals surface area contributed by atoms with E-state index in [1.54, 1.807) is 18.2 Å². The van der Waals surface area contributed by atoms with Crippen LogP contribution in [0.2, 0.25) is 0 Å². The van der Waals surface area contributed by atoms with Crippen molar-refractivity contribution in [1.29, 1.82) is 5.26 Å². The van der Waals surface area contributed by atoms with E-state index < -0.39 is 7.12 Å². The van der Waals surface area contributed by atoms with Gasteiger partial charge in [-0.2, -0.15) is 5.26 Å². The molecule has 0 amide bonds. The Morgan fingerprint density at radius 3 is 2.44 bits per heavy atom. The van der Waals surface area contributed by atoms with Gasteiger partial charge in [0.05, 0.1) is 11.6 Å². The van der Waals surface area contributed by atoms with E-state index in [-0.39, 0.29) is 0 Å². The third kappa shape index (κ3) is 2.99. The summed E-state index contributed by atoms with van der Waals surface area (Å²) >= 11 is 0. The summed E-state index contributed by atoms with van der Waals surface area (Å²) in [5.74, 6) is 0. The van der Waals surface area contributed by atoms with Crippen molar-refractivity contribution < 1.29 is 9.31 Å². The molecule has 0 saturated carbocycles. The molecule has 4 nitrogen and oxygen atoms in total.